The second-order valence-corrected chi connectivity index (χ2v) is 3.61. The topological polar surface area (TPSA) is 120 Å². The van der Waals surface area contributed by atoms with Crippen molar-refractivity contribution in [2.45, 2.75) is 20.8 Å². The van der Waals surface area contributed by atoms with Crippen LogP contribution >= 0.6 is 0 Å². The monoisotopic (exact) mass is 436 g/mol. The van der Waals surface area contributed by atoms with Crippen LogP contribution in [0.15, 0.2) is 72.9 Å². The molecule has 0 aromatic heterocycles. The largest absolute Gasteiger partial charge is 2.00 e. The van der Waals surface area contributed by atoms with Crippen LogP contribution in [-0.4, -0.2) is 17.9 Å². The number of allylic oxidation sites excluding steroid dienone is 9. The van der Waals surface area contributed by atoms with Gasteiger partial charge in [-0.25, -0.2) is 0 Å². The molecule has 0 aromatic rings. The van der Waals surface area contributed by atoms with Gasteiger partial charge >= 0.3 is 70.9 Å². The number of hydrogen-bond donors (Lipinski definition) is 0. The zero-order chi connectivity index (χ0) is 19.2. The molecule has 0 aliphatic carbocycles. The smallest absolute Gasteiger partial charge is 0.545 e. The molecule has 0 spiro atoms. The molecule has 132 valence electrons. The molecule has 0 unspecified atom stereocenters. The fraction of sp³-hybridized carbons (Fsp3) is 0.167. The van der Waals surface area contributed by atoms with Crippen molar-refractivity contribution in [3.05, 3.63) is 72.9 Å². The molecule has 0 heterocycles. The summed E-state index contributed by atoms with van der Waals surface area (Å²) in [7, 11) is 0. The third kappa shape index (κ3) is 56.7. The number of rotatable bonds is 6. The van der Waals surface area contributed by atoms with E-state index in [1.54, 1.807) is 57.2 Å². The zero-order valence-electron chi connectivity index (χ0n) is 15.6. The Morgan fingerprint density at radius 1 is 0.538 bits per heavy atom. The quantitative estimate of drug-likeness (QED) is 0.243. The molecule has 0 aliphatic rings. The molecule has 0 radical (unpaired) electrons. The van der Waals surface area contributed by atoms with Gasteiger partial charge in [0.25, 0.3) is 0 Å². The molecular formula is C18H21KO6Zn. The Hall–Kier alpha value is -0.890. The fourth-order valence-corrected chi connectivity index (χ4v) is 0.736. The first-order chi connectivity index (χ1) is 11.3. The molecule has 6 nitrogen and oxygen atoms in total. The summed E-state index contributed by atoms with van der Waals surface area (Å²) in [6.07, 6.45) is 17.2. The van der Waals surface area contributed by atoms with Crippen LogP contribution in [0.5, 0.6) is 0 Å². The van der Waals surface area contributed by atoms with Crippen LogP contribution in [0.2, 0.25) is 0 Å². The Balaban J connectivity index is -0.0000000817. The minimum Gasteiger partial charge on any atom is -0.545 e. The van der Waals surface area contributed by atoms with Crippen LogP contribution in [0.25, 0.3) is 0 Å². The second kappa shape index (κ2) is 31.8. The van der Waals surface area contributed by atoms with E-state index in [1.165, 1.54) is 18.2 Å². The minimum absolute atomic E-state index is 0. The first kappa shape index (κ1) is 36.1. The molecule has 0 atom stereocenters. The van der Waals surface area contributed by atoms with Gasteiger partial charge in [0.15, 0.2) is 0 Å². The summed E-state index contributed by atoms with van der Waals surface area (Å²) in [6.45, 7) is 5.42. The van der Waals surface area contributed by atoms with Crippen LogP contribution in [0, 0.1) is 0 Å². The van der Waals surface area contributed by atoms with Crippen LogP contribution in [-0.2, 0) is 33.9 Å². The van der Waals surface area contributed by atoms with Crippen molar-refractivity contribution in [2.75, 3.05) is 0 Å². The van der Waals surface area contributed by atoms with E-state index in [-0.39, 0.29) is 70.9 Å². The van der Waals surface area contributed by atoms with Crippen LogP contribution in [0.1, 0.15) is 20.8 Å². The Kier molecular flexibility index (Phi) is 44.2. The van der Waals surface area contributed by atoms with Crippen LogP contribution in [0.4, 0.5) is 0 Å². The van der Waals surface area contributed by atoms with Gasteiger partial charge in [0.1, 0.15) is 0 Å². The molecule has 0 fully saturated rings. The fourth-order valence-electron chi connectivity index (χ4n) is 0.736. The van der Waals surface area contributed by atoms with E-state index in [4.69, 9.17) is 0 Å². The number of aliphatic carboxylic acids is 3. The summed E-state index contributed by atoms with van der Waals surface area (Å²) in [5.41, 5.74) is 0. The van der Waals surface area contributed by atoms with Gasteiger partial charge in [0.2, 0.25) is 0 Å². The first-order valence-electron chi connectivity index (χ1n) is 6.82. The van der Waals surface area contributed by atoms with Crippen molar-refractivity contribution in [1.29, 1.82) is 0 Å². The molecule has 26 heavy (non-hydrogen) atoms. The number of carboxylic acids is 3. The second-order valence-electron chi connectivity index (χ2n) is 3.61. The van der Waals surface area contributed by atoms with Gasteiger partial charge < -0.3 is 29.7 Å². The van der Waals surface area contributed by atoms with E-state index < -0.39 is 17.9 Å². The van der Waals surface area contributed by atoms with Crippen molar-refractivity contribution in [2.24, 2.45) is 0 Å². The van der Waals surface area contributed by atoms with Crippen LogP contribution < -0.4 is 66.7 Å². The number of carboxylic acid groups (broad SMARTS) is 3. The van der Waals surface area contributed by atoms with Gasteiger partial charge in [0, 0.05) is 0 Å². The van der Waals surface area contributed by atoms with Crippen LogP contribution in [0.3, 0.4) is 0 Å². The Bertz CT molecular complexity index is 456. The predicted molar refractivity (Wildman–Crippen MR) is 86.9 cm³/mol. The summed E-state index contributed by atoms with van der Waals surface area (Å²) < 4.78 is 0. The Morgan fingerprint density at radius 2 is 0.731 bits per heavy atom. The Labute approximate surface area is 209 Å². The van der Waals surface area contributed by atoms with Gasteiger partial charge in [-0.3, -0.25) is 0 Å². The summed E-state index contributed by atoms with van der Waals surface area (Å²) >= 11 is 0. The standard InChI is InChI=1S/3C6H8O2.K.Zn/c3*1-2-3-4-5-6(7)8;;/h3*2-5H,1H3,(H,7,8);;/q;;;+1;+2/p-3/b3*3-2+,5-4+;;. The van der Waals surface area contributed by atoms with Gasteiger partial charge in [-0.1, -0.05) is 54.7 Å². The molecule has 8 heteroatoms. The maximum absolute atomic E-state index is 9.64. The number of carbonyl (C=O) groups excluding carboxylic acids is 3. The van der Waals surface area contributed by atoms with E-state index in [1.807, 2.05) is 0 Å². The van der Waals surface area contributed by atoms with Crippen molar-refractivity contribution in [3.8, 4) is 0 Å². The summed E-state index contributed by atoms with van der Waals surface area (Å²) in [4.78, 5) is 28.9. The van der Waals surface area contributed by atoms with Gasteiger partial charge in [-0.2, -0.15) is 0 Å². The van der Waals surface area contributed by atoms with Gasteiger partial charge in [0.05, 0.1) is 17.9 Å². The number of carbonyl (C=O) groups is 3. The third-order valence-corrected chi connectivity index (χ3v) is 1.61. The maximum atomic E-state index is 9.64. The summed E-state index contributed by atoms with van der Waals surface area (Å²) in [5, 5.41) is 28.9. The van der Waals surface area contributed by atoms with Crippen molar-refractivity contribution in [3.63, 3.8) is 0 Å². The average molecular weight is 438 g/mol. The summed E-state index contributed by atoms with van der Waals surface area (Å²) in [6, 6.07) is 0. The van der Waals surface area contributed by atoms with Gasteiger partial charge in [-0.05, 0) is 39.0 Å². The van der Waals surface area contributed by atoms with Gasteiger partial charge in [-0.15, -0.1) is 0 Å². The van der Waals surface area contributed by atoms with Crippen molar-refractivity contribution >= 4 is 17.9 Å². The molecule has 0 amide bonds. The third-order valence-electron chi connectivity index (χ3n) is 1.61. The molecule has 0 saturated carbocycles. The van der Waals surface area contributed by atoms with E-state index in [2.05, 4.69) is 0 Å². The molecule has 0 N–H and O–H groups in total. The van der Waals surface area contributed by atoms with E-state index in [9.17, 15) is 29.7 Å². The Morgan fingerprint density at radius 3 is 0.846 bits per heavy atom. The number of hydrogen-bond acceptors (Lipinski definition) is 6. The first-order valence-corrected chi connectivity index (χ1v) is 6.82. The minimum atomic E-state index is -1.16. The van der Waals surface area contributed by atoms with E-state index >= 15 is 0 Å². The molecule has 0 rings (SSSR count). The predicted octanol–water partition coefficient (Wildman–Crippen LogP) is -3.39. The molecule has 0 saturated heterocycles. The SMILES string of the molecule is C/C=C/C=C/C(=O)[O-].C/C=C/C=C/C(=O)[O-].C/C=C/C=C/C(=O)[O-].[K+].[Zn+2]. The van der Waals surface area contributed by atoms with E-state index in [0.29, 0.717) is 0 Å². The summed E-state index contributed by atoms with van der Waals surface area (Å²) in [5.74, 6) is -3.49. The average Bonchev–Trinajstić information content (AvgIpc) is 2.48. The maximum Gasteiger partial charge on any atom is 2.00 e. The van der Waals surface area contributed by atoms with E-state index in [0.717, 1.165) is 18.2 Å². The molecule has 0 aliphatic heterocycles. The van der Waals surface area contributed by atoms with Crippen molar-refractivity contribution in [1.82, 2.24) is 0 Å². The van der Waals surface area contributed by atoms with Crippen molar-refractivity contribution < 1.29 is 101 Å². The molecular weight excluding hydrogens is 417 g/mol. The molecule has 0 bridgehead atoms. The molecule has 0 aromatic carbocycles. The zero-order valence-corrected chi connectivity index (χ0v) is 21.7. The normalized spacial score (nSPS) is 10.3.